The fourth-order valence-corrected chi connectivity index (χ4v) is 4.33. The fourth-order valence-electron chi connectivity index (χ4n) is 2.46. The molecule has 0 aromatic rings. The van der Waals surface area contributed by atoms with E-state index >= 15 is 0 Å². The van der Waals surface area contributed by atoms with Gasteiger partial charge >= 0.3 is 0 Å². The Kier molecular flexibility index (Phi) is 3.51. The maximum Gasteiger partial charge on any atom is 0.241 e. The van der Waals surface area contributed by atoms with Crippen LogP contribution in [0.1, 0.15) is 32.1 Å². The zero-order chi connectivity index (χ0) is 12.5. The van der Waals surface area contributed by atoms with Crippen molar-refractivity contribution in [3.8, 4) is 0 Å². The molecule has 0 aromatic heterocycles. The molecule has 2 aliphatic heterocycles. The molecule has 0 aliphatic carbocycles. The molecule has 2 saturated heterocycles. The highest BCUT2D eigenvalue weighted by atomic mass is 32.2. The number of hydrogen-bond donors (Lipinski definition) is 0. The number of carbonyl (C=O) groups excluding carboxylic acids is 2. The number of piperidine rings is 1. The van der Waals surface area contributed by atoms with Gasteiger partial charge in [0.1, 0.15) is 5.25 Å². The Balaban J connectivity index is 2.10. The molecule has 0 spiro atoms. The first kappa shape index (κ1) is 12.5. The van der Waals surface area contributed by atoms with E-state index in [2.05, 4.69) is 0 Å². The molecule has 0 bridgehead atoms. The predicted molar refractivity (Wildman–Crippen MR) is 62.2 cm³/mol. The molecular formula is C11H17NO4S. The van der Waals surface area contributed by atoms with E-state index in [9.17, 15) is 18.0 Å². The summed E-state index contributed by atoms with van der Waals surface area (Å²) in [7, 11) is -3.29. The number of nitrogens with zero attached hydrogens (tertiary/aromatic N) is 1. The Labute approximate surface area is 101 Å². The van der Waals surface area contributed by atoms with Crippen LogP contribution in [0.4, 0.5) is 0 Å². The van der Waals surface area contributed by atoms with E-state index in [0.717, 1.165) is 6.42 Å². The lowest BCUT2D eigenvalue weighted by Gasteiger charge is -2.31. The molecule has 1 unspecified atom stereocenters. The predicted octanol–water partition coefficient (Wildman–Crippen LogP) is 0.145. The minimum atomic E-state index is -3.29. The summed E-state index contributed by atoms with van der Waals surface area (Å²) in [6.07, 6.45) is 2.98. The van der Waals surface area contributed by atoms with Gasteiger partial charge in [-0.25, -0.2) is 8.42 Å². The van der Waals surface area contributed by atoms with Crippen molar-refractivity contribution in [1.82, 2.24) is 4.90 Å². The molecule has 0 N–H and O–H groups in total. The highest BCUT2D eigenvalue weighted by molar-refractivity contribution is 7.92. The number of likely N-dealkylation sites (tertiary alicyclic amines) is 1. The van der Waals surface area contributed by atoms with Crippen LogP contribution in [0.25, 0.3) is 0 Å². The summed E-state index contributed by atoms with van der Waals surface area (Å²) in [5, 5.41) is -0.901. The molecule has 6 heteroatoms. The molecule has 2 heterocycles. The maximum absolute atomic E-state index is 12.1. The zero-order valence-corrected chi connectivity index (χ0v) is 10.5. The molecule has 2 rings (SSSR count). The Morgan fingerprint density at radius 1 is 1.24 bits per heavy atom. The van der Waals surface area contributed by atoms with Crippen molar-refractivity contribution in [2.45, 2.75) is 37.4 Å². The minimum Gasteiger partial charge on any atom is -0.334 e. The lowest BCUT2D eigenvalue weighted by Crippen LogP contribution is -2.49. The van der Waals surface area contributed by atoms with Crippen LogP contribution in [0.5, 0.6) is 0 Å². The summed E-state index contributed by atoms with van der Waals surface area (Å²) in [5.41, 5.74) is 0. The standard InChI is InChI=1S/C11H17NO4S/c13-9-4-3-6-12(8-9)11(14)10-5-1-2-7-17(10,15)16/h10H,1-8H2. The van der Waals surface area contributed by atoms with Crippen LogP contribution < -0.4 is 0 Å². The molecule has 2 aliphatic rings. The Hall–Kier alpha value is -0.910. The number of Topliss-reactive ketones (excluding diaryl/α,β-unsaturated/α-hetero) is 1. The highest BCUT2D eigenvalue weighted by Gasteiger charge is 2.38. The van der Waals surface area contributed by atoms with Gasteiger partial charge in [0.15, 0.2) is 15.6 Å². The third-order valence-corrected chi connectivity index (χ3v) is 5.58. The average molecular weight is 259 g/mol. The van der Waals surface area contributed by atoms with Crippen LogP contribution in [-0.2, 0) is 19.4 Å². The Morgan fingerprint density at radius 3 is 2.65 bits per heavy atom. The maximum atomic E-state index is 12.1. The molecule has 1 atom stereocenters. The van der Waals surface area contributed by atoms with Crippen molar-refractivity contribution in [3.63, 3.8) is 0 Å². The summed E-state index contributed by atoms with van der Waals surface area (Å²) >= 11 is 0. The second kappa shape index (κ2) is 4.76. The average Bonchev–Trinajstić information content (AvgIpc) is 2.27. The lowest BCUT2D eigenvalue weighted by atomic mass is 10.1. The van der Waals surface area contributed by atoms with Gasteiger partial charge in [-0.05, 0) is 19.3 Å². The smallest absolute Gasteiger partial charge is 0.241 e. The molecule has 0 aromatic carbocycles. The second-order valence-electron chi connectivity index (χ2n) is 4.75. The topological polar surface area (TPSA) is 71.5 Å². The van der Waals surface area contributed by atoms with Crippen molar-refractivity contribution in [2.75, 3.05) is 18.8 Å². The van der Waals surface area contributed by atoms with Gasteiger partial charge in [0.05, 0.1) is 12.3 Å². The largest absolute Gasteiger partial charge is 0.334 e. The SMILES string of the molecule is O=C1CCCN(C(=O)C2CCCCS2(=O)=O)C1. The number of sulfone groups is 1. The van der Waals surface area contributed by atoms with Gasteiger partial charge in [-0.15, -0.1) is 0 Å². The molecule has 17 heavy (non-hydrogen) atoms. The van der Waals surface area contributed by atoms with Gasteiger partial charge in [0, 0.05) is 13.0 Å². The third-order valence-electron chi connectivity index (χ3n) is 3.42. The van der Waals surface area contributed by atoms with E-state index in [1.54, 1.807) is 0 Å². The van der Waals surface area contributed by atoms with E-state index in [1.807, 2.05) is 0 Å². The fraction of sp³-hybridized carbons (Fsp3) is 0.818. The van der Waals surface area contributed by atoms with Crippen LogP contribution in [0.3, 0.4) is 0 Å². The van der Waals surface area contributed by atoms with Gasteiger partial charge in [-0.3, -0.25) is 9.59 Å². The van der Waals surface area contributed by atoms with Crippen molar-refractivity contribution in [2.24, 2.45) is 0 Å². The van der Waals surface area contributed by atoms with Crippen molar-refractivity contribution >= 4 is 21.5 Å². The monoisotopic (exact) mass is 259 g/mol. The highest BCUT2D eigenvalue weighted by Crippen LogP contribution is 2.22. The van der Waals surface area contributed by atoms with Crippen LogP contribution in [0, 0.1) is 0 Å². The van der Waals surface area contributed by atoms with E-state index in [0.29, 0.717) is 32.2 Å². The van der Waals surface area contributed by atoms with Gasteiger partial charge in [0.25, 0.3) is 0 Å². The van der Waals surface area contributed by atoms with Gasteiger partial charge in [-0.2, -0.15) is 0 Å². The van der Waals surface area contributed by atoms with Crippen LogP contribution in [0.2, 0.25) is 0 Å². The minimum absolute atomic E-state index is 0.0257. The first-order valence-corrected chi connectivity index (χ1v) is 7.74. The summed E-state index contributed by atoms with van der Waals surface area (Å²) < 4.78 is 23.6. The first-order chi connectivity index (χ1) is 8.00. The van der Waals surface area contributed by atoms with Crippen molar-refractivity contribution in [1.29, 1.82) is 0 Å². The lowest BCUT2D eigenvalue weighted by molar-refractivity contribution is -0.137. The number of carbonyl (C=O) groups is 2. The molecule has 0 radical (unpaired) electrons. The van der Waals surface area contributed by atoms with Crippen LogP contribution >= 0.6 is 0 Å². The molecule has 0 saturated carbocycles. The number of amides is 1. The molecule has 2 fully saturated rings. The third kappa shape index (κ3) is 2.68. The summed E-state index contributed by atoms with van der Waals surface area (Å²) in [6.45, 7) is 0.599. The molecular weight excluding hydrogens is 242 g/mol. The van der Waals surface area contributed by atoms with Crippen molar-refractivity contribution < 1.29 is 18.0 Å². The number of hydrogen-bond acceptors (Lipinski definition) is 4. The van der Waals surface area contributed by atoms with E-state index in [-0.39, 0.29) is 24.0 Å². The van der Waals surface area contributed by atoms with Gasteiger partial charge in [-0.1, -0.05) is 6.42 Å². The molecule has 96 valence electrons. The molecule has 5 nitrogen and oxygen atoms in total. The van der Waals surface area contributed by atoms with E-state index in [4.69, 9.17) is 0 Å². The van der Waals surface area contributed by atoms with Crippen LogP contribution in [0.15, 0.2) is 0 Å². The van der Waals surface area contributed by atoms with Crippen molar-refractivity contribution in [3.05, 3.63) is 0 Å². The number of ketones is 1. The Bertz CT molecular complexity index is 429. The van der Waals surface area contributed by atoms with Gasteiger partial charge in [0.2, 0.25) is 5.91 Å². The van der Waals surface area contributed by atoms with Gasteiger partial charge < -0.3 is 4.90 Å². The number of rotatable bonds is 1. The van der Waals surface area contributed by atoms with E-state index < -0.39 is 15.1 Å². The normalized spacial score (nSPS) is 29.1. The quantitative estimate of drug-likeness (QED) is 0.672. The van der Waals surface area contributed by atoms with Crippen LogP contribution in [-0.4, -0.2) is 49.1 Å². The zero-order valence-electron chi connectivity index (χ0n) is 9.72. The summed E-state index contributed by atoms with van der Waals surface area (Å²) in [6, 6.07) is 0. The summed E-state index contributed by atoms with van der Waals surface area (Å²) in [4.78, 5) is 24.8. The molecule has 1 amide bonds. The second-order valence-corrected chi connectivity index (χ2v) is 7.06. The Morgan fingerprint density at radius 2 is 2.00 bits per heavy atom. The van der Waals surface area contributed by atoms with E-state index in [1.165, 1.54) is 4.90 Å². The summed E-state index contributed by atoms with van der Waals surface area (Å²) in [5.74, 6) is -0.235. The first-order valence-electron chi connectivity index (χ1n) is 6.03.